The van der Waals surface area contributed by atoms with E-state index in [4.69, 9.17) is 16.3 Å². The zero-order valence-corrected chi connectivity index (χ0v) is 15.7. The first-order chi connectivity index (χ1) is 11.1. The van der Waals surface area contributed by atoms with Crippen LogP contribution in [0.2, 0.25) is 5.02 Å². The van der Waals surface area contributed by atoms with Crippen LogP contribution in [0, 0.1) is 5.82 Å². The highest BCUT2D eigenvalue weighted by molar-refractivity contribution is 9.10. The molecule has 4 nitrogen and oxygen atoms in total. The van der Waals surface area contributed by atoms with E-state index in [1.165, 1.54) is 32.0 Å². The molecular weight excluding hydrogens is 423 g/mol. The molecule has 0 saturated carbocycles. The monoisotopic (exact) mass is 432 g/mol. The molecule has 1 aliphatic rings. The Morgan fingerprint density at radius 1 is 1.21 bits per heavy atom. The van der Waals surface area contributed by atoms with Gasteiger partial charge in [-0.2, -0.15) is 0 Å². The number of benzene rings is 2. The number of halogens is 3. The zero-order valence-electron chi connectivity index (χ0n) is 12.6. The van der Waals surface area contributed by atoms with Crippen LogP contribution in [0.4, 0.5) is 4.39 Å². The van der Waals surface area contributed by atoms with Crippen molar-refractivity contribution in [2.45, 2.75) is 23.5 Å². The van der Waals surface area contributed by atoms with Crippen LogP contribution >= 0.6 is 27.5 Å². The number of carbonyl (C=O) groups excluding carboxylic acids is 1. The number of Topliss-reactive ketones (excluding diaryl/α,β-unsaturated/α-hetero) is 1. The molecule has 0 aromatic heterocycles. The molecule has 1 heterocycles. The first-order valence-corrected chi connectivity index (χ1v) is 9.47. The van der Waals surface area contributed by atoms with Gasteiger partial charge in [-0.25, -0.2) is 12.8 Å². The zero-order chi connectivity index (χ0) is 17.9. The van der Waals surface area contributed by atoms with Crippen LogP contribution in [-0.2, 0) is 9.84 Å². The Hall–Kier alpha value is -1.44. The summed E-state index contributed by atoms with van der Waals surface area (Å²) in [6.45, 7) is 2.73. The molecule has 0 radical (unpaired) electrons. The summed E-state index contributed by atoms with van der Waals surface area (Å²) in [4.78, 5) is 12.5. The summed E-state index contributed by atoms with van der Waals surface area (Å²) in [5, 5.41) is 0.155. The molecule has 3 rings (SSSR count). The maximum Gasteiger partial charge on any atom is 0.191 e. The van der Waals surface area contributed by atoms with Crippen molar-refractivity contribution < 1.29 is 22.3 Å². The van der Waals surface area contributed by atoms with Crippen molar-refractivity contribution in [3.8, 4) is 11.5 Å². The van der Waals surface area contributed by atoms with Gasteiger partial charge in [-0.05, 0) is 54.0 Å². The number of rotatable bonds is 2. The van der Waals surface area contributed by atoms with Gasteiger partial charge in [-0.1, -0.05) is 11.6 Å². The highest BCUT2D eigenvalue weighted by Gasteiger charge is 2.52. The van der Waals surface area contributed by atoms with E-state index >= 15 is 0 Å². The van der Waals surface area contributed by atoms with Crippen LogP contribution in [0.3, 0.4) is 0 Å². The van der Waals surface area contributed by atoms with Gasteiger partial charge in [0.05, 0.1) is 14.9 Å². The van der Waals surface area contributed by atoms with Crippen LogP contribution in [0.1, 0.15) is 24.2 Å². The third kappa shape index (κ3) is 2.46. The van der Waals surface area contributed by atoms with Gasteiger partial charge >= 0.3 is 0 Å². The first kappa shape index (κ1) is 17.4. The molecule has 8 heteroatoms. The summed E-state index contributed by atoms with van der Waals surface area (Å²) in [7, 11) is -3.77. The van der Waals surface area contributed by atoms with Gasteiger partial charge in [0, 0.05) is 11.1 Å². The minimum absolute atomic E-state index is 0.0417. The van der Waals surface area contributed by atoms with Gasteiger partial charge in [-0.15, -0.1) is 0 Å². The highest BCUT2D eigenvalue weighted by Crippen LogP contribution is 2.46. The van der Waals surface area contributed by atoms with E-state index in [9.17, 15) is 17.6 Å². The average molecular weight is 434 g/mol. The molecule has 24 heavy (non-hydrogen) atoms. The van der Waals surface area contributed by atoms with Crippen molar-refractivity contribution in [2.24, 2.45) is 0 Å². The quantitative estimate of drug-likeness (QED) is 0.684. The summed E-state index contributed by atoms with van der Waals surface area (Å²) >= 11 is 9.02. The van der Waals surface area contributed by atoms with Crippen molar-refractivity contribution in [3.05, 3.63) is 51.2 Å². The predicted octanol–water partition coefficient (Wildman–Crippen LogP) is 4.78. The molecule has 0 amide bonds. The Labute approximate surface area is 151 Å². The molecule has 0 aliphatic carbocycles. The van der Waals surface area contributed by atoms with Crippen molar-refractivity contribution in [3.63, 3.8) is 0 Å². The molecule has 0 atom stereocenters. The minimum atomic E-state index is -3.77. The Morgan fingerprint density at radius 3 is 2.50 bits per heavy atom. The molecule has 2 aromatic rings. The maximum atomic E-state index is 13.4. The molecule has 0 fully saturated rings. The van der Waals surface area contributed by atoms with Crippen molar-refractivity contribution in [2.75, 3.05) is 0 Å². The molecule has 0 saturated heterocycles. The summed E-state index contributed by atoms with van der Waals surface area (Å²) in [5.74, 6) is -0.772. The molecule has 0 N–H and O–H groups in total. The third-order valence-corrected chi connectivity index (χ3v) is 7.32. The van der Waals surface area contributed by atoms with E-state index in [2.05, 4.69) is 15.9 Å². The number of hydrogen-bond donors (Lipinski definition) is 0. The van der Waals surface area contributed by atoms with Crippen LogP contribution in [0.15, 0.2) is 39.7 Å². The number of ketones is 1. The fourth-order valence-electron chi connectivity index (χ4n) is 2.47. The standard InChI is InChI=1S/C16H11BrClFO4S/c1-16(2)15(20)13-12(24(16,21)22)4-3-11(14(13)17)23-10-6-8(18)5-9(19)7-10/h3-7H,1-2H3. The molecule has 0 bridgehead atoms. The van der Waals surface area contributed by atoms with Gasteiger partial charge < -0.3 is 4.74 Å². The summed E-state index contributed by atoms with van der Waals surface area (Å²) in [6.07, 6.45) is 0. The molecule has 1 aliphatic heterocycles. The second-order valence-corrected chi connectivity index (χ2v) is 9.50. The fraction of sp³-hybridized carbons (Fsp3) is 0.188. The van der Waals surface area contributed by atoms with Crippen molar-refractivity contribution in [1.29, 1.82) is 0 Å². The maximum absolute atomic E-state index is 13.4. The number of fused-ring (bicyclic) bond motifs is 1. The van der Waals surface area contributed by atoms with Gasteiger partial charge in [0.15, 0.2) is 15.6 Å². The van der Waals surface area contributed by atoms with E-state index in [0.29, 0.717) is 0 Å². The topological polar surface area (TPSA) is 60.4 Å². The van der Waals surface area contributed by atoms with Crippen LogP contribution in [-0.4, -0.2) is 18.9 Å². The summed E-state index contributed by atoms with van der Waals surface area (Å²) in [6, 6.07) is 6.40. The van der Waals surface area contributed by atoms with Gasteiger partial charge in [-0.3, -0.25) is 4.79 Å². The minimum Gasteiger partial charge on any atom is -0.456 e. The Bertz CT molecular complexity index is 966. The van der Waals surface area contributed by atoms with E-state index in [-0.39, 0.29) is 31.5 Å². The highest BCUT2D eigenvalue weighted by atomic mass is 79.9. The molecule has 0 spiro atoms. The number of ether oxygens (including phenoxy) is 1. The van der Waals surface area contributed by atoms with Gasteiger partial charge in [0.2, 0.25) is 0 Å². The van der Waals surface area contributed by atoms with Crippen molar-refractivity contribution in [1.82, 2.24) is 0 Å². The van der Waals surface area contributed by atoms with Crippen molar-refractivity contribution >= 4 is 43.2 Å². The Kier molecular flexibility index (Phi) is 4.01. The molecule has 0 unspecified atom stereocenters. The molecule has 126 valence electrons. The summed E-state index contributed by atoms with van der Waals surface area (Å²) < 4.78 is 42.6. The fourth-order valence-corrected chi connectivity index (χ4v) is 5.02. The number of hydrogen-bond acceptors (Lipinski definition) is 4. The summed E-state index contributed by atoms with van der Waals surface area (Å²) in [5.41, 5.74) is 0.0417. The predicted molar refractivity (Wildman–Crippen MR) is 91.2 cm³/mol. The number of sulfone groups is 1. The lowest BCUT2D eigenvalue weighted by molar-refractivity contribution is 0.0957. The molecular formula is C16H11BrClFO4S. The van der Waals surface area contributed by atoms with E-state index in [1.54, 1.807) is 0 Å². The smallest absolute Gasteiger partial charge is 0.191 e. The lowest BCUT2D eigenvalue weighted by Gasteiger charge is -2.13. The van der Waals surface area contributed by atoms with E-state index in [0.717, 1.165) is 12.1 Å². The first-order valence-electron chi connectivity index (χ1n) is 6.81. The van der Waals surface area contributed by atoms with Gasteiger partial charge in [0.1, 0.15) is 22.1 Å². The SMILES string of the molecule is CC1(C)C(=O)c2c(ccc(Oc3cc(F)cc(Cl)c3)c2Br)S1(=O)=O. The average Bonchev–Trinajstić information content (AvgIpc) is 2.59. The number of carbonyl (C=O) groups is 1. The second kappa shape index (κ2) is 5.54. The van der Waals surface area contributed by atoms with Gasteiger partial charge in [0.25, 0.3) is 0 Å². The Balaban J connectivity index is 2.13. The lowest BCUT2D eigenvalue weighted by Crippen LogP contribution is -2.33. The second-order valence-electron chi connectivity index (χ2n) is 5.80. The largest absolute Gasteiger partial charge is 0.456 e. The molecule has 2 aromatic carbocycles. The normalized spacial score (nSPS) is 17.6. The third-order valence-electron chi connectivity index (χ3n) is 3.87. The van der Waals surface area contributed by atoms with E-state index in [1.807, 2.05) is 0 Å². The van der Waals surface area contributed by atoms with E-state index < -0.39 is 26.2 Å². The van der Waals surface area contributed by atoms with Crippen LogP contribution in [0.25, 0.3) is 0 Å². The Morgan fingerprint density at radius 2 is 1.88 bits per heavy atom. The lowest BCUT2D eigenvalue weighted by atomic mass is 10.0. The van der Waals surface area contributed by atoms with Crippen LogP contribution in [0.5, 0.6) is 11.5 Å². The van der Waals surface area contributed by atoms with Crippen LogP contribution < -0.4 is 4.74 Å².